The van der Waals surface area contributed by atoms with Crippen molar-refractivity contribution in [2.45, 2.75) is 64.2 Å². The summed E-state index contributed by atoms with van der Waals surface area (Å²) in [4.78, 5) is 9.55. The fourth-order valence-corrected chi connectivity index (χ4v) is 13.8. The molecule has 0 bridgehead atoms. The average Bonchev–Trinajstić information content (AvgIpc) is 1.62. The number of rotatable bonds is 12. The van der Waals surface area contributed by atoms with Gasteiger partial charge in [-0.05, 0) is 219 Å². The van der Waals surface area contributed by atoms with Gasteiger partial charge < -0.3 is 19.6 Å². The molecule has 0 heterocycles. The summed E-state index contributed by atoms with van der Waals surface area (Å²) in [6.45, 7) is 18.6. The first-order valence-corrected chi connectivity index (χ1v) is 30.2. The second kappa shape index (κ2) is 21.5. The van der Waals surface area contributed by atoms with Crippen molar-refractivity contribution in [2.75, 3.05) is 19.6 Å². The van der Waals surface area contributed by atoms with Crippen LogP contribution in [-0.4, -0.2) is 0 Å². The second-order valence-corrected chi connectivity index (χ2v) is 24.8. The lowest BCUT2D eigenvalue weighted by atomic mass is 9.77. The van der Waals surface area contributed by atoms with Gasteiger partial charge in [-0.1, -0.05) is 194 Å². The Morgan fingerprint density at radius 2 is 0.547 bits per heavy atom. The van der Waals surface area contributed by atoms with Crippen LogP contribution in [0.5, 0.6) is 0 Å². The van der Waals surface area contributed by atoms with Crippen LogP contribution in [0.25, 0.3) is 27.8 Å². The molecule has 0 amide bonds. The third-order valence-electron chi connectivity index (χ3n) is 18.3. The summed E-state index contributed by atoms with van der Waals surface area (Å²) in [5.74, 6) is 0. The van der Waals surface area contributed by atoms with E-state index >= 15 is 0 Å². The minimum Gasteiger partial charge on any atom is -0.310 e. The summed E-state index contributed by atoms with van der Waals surface area (Å²) >= 11 is 0. The molecule has 11 aromatic rings. The number of benzene rings is 11. The fourth-order valence-electron chi connectivity index (χ4n) is 13.8. The van der Waals surface area contributed by atoms with Crippen molar-refractivity contribution in [3.63, 3.8) is 0 Å². The van der Waals surface area contributed by atoms with Crippen molar-refractivity contribution in [3.8, 4) is 22.3 Å². The molecule has 0 aromatic heterocycles. The third kappa shape index (κ3) is 9.43. The van der Waals surface area contributed by atoms with Crippen molar-refractivity contribution >= 4 is 73.8 Å². The highest BCUT2D eigenvalue weighted by atomic mass is 15.2. The Hall–Kier alpha value is -10.2. The number of anilines is 12. The molecule has 0 saturated carbocycles. The van der Waals surface area contributed by atoms with Crippen LogP contribution < -0.4 is 19.6 Å². The lowest BCUT2D eigenvalue weighted by Gasteiger charge is -2.32. The molecular weight excluding hydrogens is 1040 g/mol. The van der Waals surface area contributed by atoms with Crippen LogP contribution in [0.3, 0.4) is 0 Å². The van der Waals surface area contributed by atoms with Crippen molar-refractivity contribution in [2.24, 2.45) is 0 Å². The van der Waals surface area contributed by atoms with Crippen molar-refractivity contribution in [3.05, 3.63) is 331 Å². The lowest BCUT2D eigenvalue weighted by molar-refractivity contribution is 0.533. The van der Waals surface area contributed by atoms with Gasteiger partial charge in [0, 0.05) is 79.1 Å². The Labute approximate surface area is 508 Å². The fraction of sp³-hybridized carbons (Fsp3) is 0.122. The molecule has 86 heavy (non-hydrogen) atoms. The maximum Gasteiger partial charge on any atom is 0.0465 e. The van der Waals surface area contributed by atoms with Crippen LogP contribution in [0, 0.1) is 0 Å². The minimum absolute atomic E-state index is 0.125. The van der Waals surface area contributed by atoms with Gasteiger partial charge in [0.15, 0.2) is 0 Å². The Morgan fingerprint density at radius 1 is 0.267 bits per heavy atom. The molecule has 3 aliphatic rings. The first kappa shape index (κ1) is 53.8. The molecule has 418 valence electrons. The molecule has 0 aliphatic heterocycles. The predicted octanol–water partition coefficient (Wildman–Crippen LogP) is 23.0. The Kier molecular flexibility index (Phi) is 13.4. The van der Waals surface area contributed by atoms with Gasteiger partial charge in [-0.25, -0.2) is 0 Å². The van der Waals surface area contributed by atoms with E-state index in [1.807, 2.05) is 0 Å². The molecule has 0 radical (unpaired) electrons. The van der Waals surface area contributed by atoms with E-state index < -0.39 is 0 Å². The number of para-hydroxylation sites is 3. The monoisotopic (exact) mass is 1110 g/mol. The summed E-state index contributed by atoms with van der Waals surface area (Å²) in [7, 11) is 0. The normalized spacial score (nSPS) is 15.3. The zero-order valence-corrected chi connectivity index (χ0v) is 49.9. The summed E-state index contributed by atoms with van der Waals surface area (Å²) in [6.07, 6.45) is 9.56. The zero-order chi connectivity index (χ0) is 58.7. The van der Waals surface area contributed by atoms with Gasteiger partial charge in [0.1, 0.15) is 0 Å². The van der Waals surface area contributed by atoms with Gasteiger partial charge in [0.2, 0.25) is 0 Å². The molecule has 3 aliphatic carbocycles. The summed E-state index contributed by atoms with van der Waals surface area (Å²) in [5, 5.41) is 0. The van der Waals surface area contributed by atoms with Crippen LogP contribution in [0.1, 0.15) is 81.3 Å². The van der Waals surface area contributed by atoms with Crippen LogP contribution in [0.4, 0.5) is 68.2 Å². The molecule has 14 rings (SSSR count). The van der Waals surface area contributed by atoms with Gasteiger partial charge in [0.25, 0.3) is 0 Å². The van der Waals surface area contributed by atoms with Crippen molar-refractivity contribution < 1.29 is 0 Å². The summed E-state index contributed by atoms with van der Waals surface area (Å²) in [5.41, 5.74) is 26.7. The number of fused-ring (bicyclic) bond motifs is 7. The zero-order valence-electron chi connectivity index (χ0n) is 49.9. The van der Waals surface area contributed by atoms with Crippen LogP contribution in [0.2, 0.25) is 0 Å². The van der Waals surface area contributed by atoms with Gasteiger partial charge in [0.05, 0.1) is 0 Å². The summed E-state index contributed by atoms with van der Waals surface area (Å²) in [6, 6.07) is 98.2. The number of hydrogen-bond acceptors (Lipinski definition) is 4. The average molecular weight is 1110 g/mol. The van der Waals surface area contributed by atoms with Crippen LogP contribution in [-0.2, 0) is 16.2 Å². The molecule has 0 atom stereocenters. The third-order valence-corrected chi connectivity index (χ3v) is 18.3. The Morgan fingerprint density at radius 3 is 0.919 bits per heavy atom. The summed E-state index contributed by atoms with van der Waals surface area (Å²) < 4.78 is 0. The van der Waals surface area contributed by atoms with E-state index in [1.54, 1.807) is 0 Å². The smallest absolute Gasteiger partial charge is 0.0465 e. The molecule has 0 spiro atoms. The van der Waals surface area contributed by atoms with E-state index in [1.165, 1.54) is 55.6 Å². The molecule has 4 heteroatoms. The first-order valence-electron chi connectivity index (χ1n) is 30.2. The SMILES string of the molecule is C=C1/C=C\C=C/CC(C)(C)c2cc(N(c3ccccc3)c3ccc(N(c4ccc(N(c5ccccc5)c5ccc6c(c5)C(C)(C)c5ccccc5-6)cc4)c4ccc(N(c5ccccc5)c5ccc6c(c5)C(C)(C)c5ccccc5-6)cc4)cc3)ccc21. The maximum absolute atomic E-state index is 4.51. The van der Waals surface area contributed by atoms with Gasteiger partial charge in [-0.15, -0.1) is 0 Å². The number of nitrogens with zero attached hydrogens (tertiary/aromatic N) is 4. The van der Waals surface area contributed by atoms with Crippen LogP contribution >= 0.6 is 0 Å². The molecule has 0 N–H and O–H groups in total. The molecule has 11 aromatic carbocycles. The van der Waals surface area contributed by atoms with E-state index in [0.717, 1.165) is 80.2 Å². The largest absolute Gasteiger partial charge is 0.310 e. The highest BCUT2D eigenvalue weighted by Gasteiger charge is 2.37. The van der Waals surface area contributed by atoms with Gasteiger partial charge in [-0.3, -0.25) is 0 Å². The Bertz CT molecular complexity index is 4210. The standard InChI is InChI=1S/C82H70N4/c1-57-24-12-11-23-53-80(2,3)77-54-67(47-50-70(57)77)84(58-25-13-8-14-26-58)64-41-35-61(36-42-64)83(62-37-43-65(44-38-62)85(59-27-15-9-16-28-59)68-48-51-73-71-31-19-21-33-75(71)81(4,5)78(73)55-68)63-39-45-66(46-40-63)86(60-29-17-10-18-30-60)69-49-52-74-72-32-20-22-34-76(72)82(6,7)79(74)56-69/h8-52,54-56H,1,53H2,2-7H3/b23-11-,24-12-. The highest BCUT2D eigenvalue weighted by Crippen LogP contribution is 2.53. The van der Waals surface area contributed by atoms with Crippen molar-refractivity contribution in [1.82, 2.24) is 0 Å². The molecule has 0 unspecified atom stereocenters. The highest BCUT2D eigenvalue weighted by molar-refractivity contribution is 5.90. The molecule has 0 saturated heterocycles. The van der Waals surface area contributed by atoms with E-state index in [2.05, 4.69) is 359 Å². The van der Waals surface area contributed by atoms with Crippen LogP contribution in [0.15, 0.2) is 298 Å². The van der Waals surface area contributed by atoms with E-state index in [0.29, 0.717) is 0 Å². The maximum atomic E-state index is 4.51. The minimum atomic E-state index is -0.137. The van der Waals surface area contributed by atoms with E-state index in [9.17, 15) is 0 Å². The molecule has 0 fully saturated rings. The predicted molar refractivity (Wildman–Crippen MR) is 365 cm³/mol. The number of hydrogen-bond donors (Lipinski definition) is 0. The van der Waals surface area contributed by atoms with Gasteiger partial charge in [-0.2, -0.15) is 0 Å². The van der Waals surface area contributed by atoms with E-state index in [-0.39, 0.29) is 16.2 Å². The van der Waals surface area contributed by atoms with Crippen molar-refractivity contribution in [1.29, 1.82) is 0 Å². The molecule has 4 nitrogen and oxygen atoms in total. The van der Waals surface area contributed by atoms with E-state index in [4.69, 9.17) is 0 Å². The Balaban J connectivity index is 0.878. The quantitative estimate of drug-likeness (QED) is 0.121. The molecular formula is C82H70N4. The van der Waals surface area contributed by atoms with Gasteiger partial charge >= 0.3 is 0 Å². The number of allylic oxidation sites excluding steroid dienone is 5. The first-order chi connectivity index (χ1) is 41.8. The lowest BCUT2D eigenvalue weighted by Crippen LogP contribution is -2.19. The topological polar surface area (TPSA) is 13.0 Å². The second-order valence-electron chi connectivity index (χ2n) is 24.8.